The molecule has 2 aromatic carbocycles. The Bertz CT molecular complexity index is 931. The van der Waals surface area contributed by atoms with Crippen molar-refractivity contribution in [3.05, 3.63) is 47.3 Å². The number of carbonyl (C=O) groups is 1. The van der Waals surface area contributed by atoms with E-state index in [1.165, 1.54) is 19.2 Å². The number of benzene rings is 2. The van der Waals surface area contributed by atoms with Crippen LogP contribution in [-0.2, 0) is 6.42 Å². The van der Waals surface area contributed by atoms with E-state index in [1.54, 1.807) is 20.3 Å². The maximum atomic E-state index is 11.2. The third kappa shape index (κ3) is 3.21. The van der Waals surface area contributed by atoms with Gasteiger partial charge in [0.1, 0.15) is 5.52 Å². The summed E-state index contributed by atoms with van der Waals surface area (Å²) in [6.07, 6.45) is 0.417. The van der Waals surface area contributed by atoms with Crippen LogP contribution in [0.25, 0.3) is 11.1 Å². The van der Waals surface area contributed by atoms with Gasteiger partial charge in [-0.1, -0.05) is 6.07 Å². The van der Waals surface area contributed by atoms with Crippen molar-refractivity contribution in [2.45, 2.75) is 6.42 Å². The van der Waals surface area contributed by atoms with Crippen LogP contribution in [0, 0.1) is 0 Å². The predicted octanol–water partition coefficient (Wildman–Crippen LogP) is 3.14. The Balaban J connectivity index is 1.98. The molecule has 0 atom stereocenters. The SMILES string of the molecule is COc1ccc(Cc2nc3cc(C(=O)O)cc(OC)c3o2)cc1OC. The van der Waals surface area contributed by atoms with Gasteiger partial charge in [-0.15, -0.1) is 0 Å². The highest BCUT2D eigenvalue weighted by molar-refractivity contribution is 5.94. The second-order valence-corrected chi connectivity index (χ2v) is 5.31. The molecule has 0 unspecified atom stereocenters. The van der Waals surface area contributed by atoms with Gasteiger partial charge in [-0.3, -0.25) is 0 Å². The van der Waals surface area contributed by atoms with E-state index >= 15 is 0 Å². The van der Waals surface area contributed by atoms with E-state index in [0.29, 0.717) is 40.7 Å². The van der Waals surface area contributed by atoms with E-state index in [9.17, 15) is 9.90 Å². The zero-order chi connectivity index (χ0) is 18.0. The van der Waals surface area contributed by atoms with E-state index in [-0.39, 0.29) is 5.56 Å². The van der Waals surface area contributed by atoms with Gasteiger partial charge in [0.15, 0.2) is 28.7 Å². The molecular weight excluding hydrogens is 326 g/mol. The topological polar surface area (TPSA) is 91.0 Å². The maximum Gasteiger partial charge on any atom is 0.335 e. The smallest absolute Gasteiger partial charge is 0.335 e. The number of rotatable bonds is 6. The van der Waals surface area contributed by atoms with Crippen molar-refractivity contribution in [1.82, 2.24) is 4.98 Å². The summed E-state index contributed by atoms with van der Waals surface area (Å²) in [5.41, 5.74) is 1.87. The molecule has 3 aromatic rings. The van der Waals surface area contributed by atoms with Gasteiger partial charge in [0.05, 0.1) is 26.9 Å². The highest BCUT2D eigenvalue weighted by atomic mass is 16.5. The predicted molar refractivity (Wildman–Crippen MR) is 89.9 cm³/mol. The summed E-state index contributed by atoms with van der Waals surface area (Å²) in [5, 5.41) is 9.17. The lowest BCUT2D eigenvalue weighted by molar-refractivity contribution is 0.0696. The molecule has 130 valence electrons. The minimum absolute atomic E-state index is 0.0929. The number of aromatic nitrogens is 1. The molecule has 0 aliphatic rings. The Kier molecular flexibility index (Phi) is 4.47. The number of methoxy groups -OCH3 is 3. The molecule has 0 radical (unpaired) electrons. The third-order valence-corrected chi connectivity index (χ3v) is 3.77. The Morgan fingerprint density at radius 3 is 2.40 bits per heavy atom. The van der Waals surface area contributed by atoms with E-state index in [1.807, 2.05) is 12.1 Å². The van der Waals surface area contributed by atoms with Gasteiger partial charge in [-0.25, -0.2) is 9.78 Å². The van der Waals surface area contributed by atoms with Crippen LogP contribution < -0.4 is 14.2 Å². The Hall–Kier alpha value is -3.22. The summed E-state index contributed by atoms with van der Waals surface area (Å²) in [6.45, 7) is 0. The molecule has 0 aliphatic heterocycles. The summed E-state index contributed by atoms with van der Waals surface area (Å²) in [4.78, 5) is 15.6. The second kappa shape index (κ2) is 6.72. The van der Waals surface area contributed by atoms with Crippen LogP contribution in [0.15, 0.2) is 34.7 Å². The summed E-state index contributed by atoms with van der Waals surface area (Å²) in [5.74, 6) is 0.979. The largest absolute Gasteiger partial charge is 0.493 e. The monoisotopic (exact) mass is 343 g/mol. The highest BCUT2D eigenvalue weighted by Crippen LogP contribution is 2.31. The lowest BCUT2D eigenvalue weighted by Crippen LogP contribution is -1.97. The van der Waals surface area contributed by atoms with Crippen molar-refractivity contribution >= 4 is 17.1 Å². The van der Waals surface area contributed by atoms with E-state index < -0.39 is 5.97 Å². The zero-order valence-corrected chi connectivity index (χ0v) is 14.0. The van der Waals surface area contributed by atoms with Crippen molar-refractivity contribution in [3.8, 4) is 17.2 Å². The average molecular weight is 343 g/mol. The van der Waals surface area contributed by atoms with Crippen LogP contribution in [0.1, 0.15) is 21.8 Å². The third-order valence-electron chi connectivity index (χ3n) is 3.77. The normalized spacial score (nSPS) is 10.7. The molecule has 1 aromatic heterocycles. The number of carboxylic acids is 1. The molecule has 7 heteroatoms. The number of hydrogen-bond donors (Lipinski definition) is 1. The molecule has 0 saturated heterocycles. The highest BCUT2D eigenvalue weighted by Gasteiger charge is 2.16. The number of nitrogens with zero attached hydrogens (tertiary/aromatic N) is 1. The lowest BCUT2D eigenvalue weighted by Gasteiger charge is -2.08. The van der Waals surface area contributed by atoms with Gasteiger partial charge in [-0.2, -0.15) is 0 Å². The second-order valence-electron chi connectivity index (χ2n) is 5.31. The molecule has 0 fully saturated rings. The van der Waals surface area contributed by atoms with Crippen molar-refractivity contribution in [3.63, 3.8) is 0 Å². The summed E-state index contributed by atoms with van der Waals surface area (Å²) in [7, 11) is 4.60. The van der Waals surface area contributed by atoms with Crippen LogP contribution in [0.3, 0.4) is 0 Å². The number of oxazole rings is 1. The number of carboxylic acid groups (broad SMARTS) is 1. The maximum absolute atomic E-state index is 11.2. The number of hydrogen-bond acceptors (Lipinski definition) is 6. The number of ether oxygens (including phenoxy) is 3. The van der Waals surface area contributed by atoms with E-state index in [0.717, 1.165) is 5.56 Å². The molecule has 25 heavy (non-hydrogen) atoms. The molecule has 0 saturated carbocycles. The quantitative estimate of drug-likeness (QED) is 0.735. The minimum atomic E-state index is -1.05. The van der Waals surface area contributed by atoms with Crippen molar-refractivity contribution in [2.75, 3.05) is 21.3 Å². The van der Waals surface area contributed by atoms with Gasteiger partial charge in [-0.05, 0) is 29.8 Å². The van der Waals surface area contributed by atoms with Crippen LogP contribution in [-0.4, -0.2) is 37.4 Å². The summed E-state index contributed by atoms with van der Waals surface area (Å²) >= 11 is 0. The Morgan fingerprint density at radius 2 is 1.76 bits per heavy atom. The number of fused-ring (bicyclic) bond motifs is 1. The van der Waals surface area contributed by atoms with Crippen LogP contribution in [0.5, 0.6) is 17.2 Å². The van der Waals surface area contributed by atoms with Gasteiger partial charge < -0.3 is 23.7 Å². The Labute approximate surface area is 143 Å². The van der Waals surface area contributed by atoms with Gasteiger partial charge in [0, 0.05) is 6.42 Å². The van der Waals surface area contributed by atoms with E-state index in [2.05, 4.69) is 4.98 Å². The first kappa shape index (κ1) is 16.6. The Morgan fingerprint density at radius 1 is 1.04 bits per heavy atom. The fourth-order valence-corrected chi connectivity index (χ4v) is 2.56. The standard InChI is InChI=1S/C18H17NO6/c1-22-13-5-4-10(6-14(13)23-2)7-16-19-12-8-11(18(20)21)9-15(24-3)17(12)25-16/h4-6,8-9H,7H2,1-3H3,(H,20,21). The van der Waals surface area contributed by atoms with Crippen molar-refractivity contribution in [1.29, 1.82) is 0 Å². The van der Waals surface area contributed by atoms with Gasteiger partial charge in [0.25, 0.3) is 0 Å². The molecule has 0 bridgehead atoms. The molecule has 3 rings (SSSR count). The molecule has 7 nitrogen and oxygen atoms in total. The molecule has 0 amide bonds. The number of aromatic carboxylic acids is 1. The fourth-order valence-electron chi connectivity index (χ4n) is 2.56. The molecular formula is C18H17NO6. The molecule has 1 heterocycles. The minimum Gasteiger partial charge on any atom is -0.493 e. The first-order valence-electron chi connectivity index (χ1n) is 7.47. The molecule has 1 N–H and O–H groups in total. The zero-order valence-electron chi connectivity index (χ0n) is 14.0. The van der Waals surface area contributed by atoms with Crippen LogP contribution in [0.4, 0.5) is 0 Å². The average Bonchev–Trinajstić information content (AvgIpc) is 3.02. The first-order chi connectivity index (χ1) is 12.0. The lowest BCUT2D eigenvalue weighted by atomic mass is 10.1. The van der Waals surface area contributed by atoms with Crippen LogP contribution in [0.2, 0.25) is 0 Å². The summed E-state index contributed by atoms with van der Waals surface area (Å²) in [6, 6.07) is 8.40. The summed E-state index contributed by atoms with van der Waals surface area (Å²) < 4.78 is 21.5. The van der Waals surface area contributed by atoms with Gasteiger partial charge >= 0.3 is 5.97 Å². The van der Waals surface area contributed by atoms with E-state index in [4.69, 9.17) is 18.6 Å². The first-order valence-corrected chi connectivity index (χ1v) is 7.47. The van der Waals surface area contributed by atoms with Gasteiger partial charge in [0.2, 0.25) is 0 Å². The molecule has 0 spiro atoms. The van der Waals surface area contributed by atoms with Crippen molar-refractivity contribution in [2.24, 2.45) is 0 Å². The van der Waals surface area contributed by atoms with Crippen LogP contribution >= 0.6 is 0 Å². The van der Waals surface area contributed by atoms with Crippen molar-refractivity contribution < 1.29 is 28.5 Å². The molecule has 0 aliphatic carbocycles. The fraction of sp³-hybridized carbons (Fsp3) is 0.222.